The number of rotatable bonds is 5. The first-order chi connectivity index (χ1) is 16.7. The molecule has 0 saturated heterocycles. The van der Waals surface area contributed by atoms with Crippen LogP contribution in [0.15, 0.2) is 88.1 Å². The van der Waals surface area contributed by atoms with Crippen LogP contribution < -0.4 is 14.8 Å². The lowest BCUT2D eigenvalue weighted by molar-refractivity contribution is 0.306. The number of furan rings is 1. The average Bonchev–Trinajstić information content (AvgIpc) is 3.52. The van der Waals surface area contributed by atoms with Crippen LogP contribution in [-0.2, 0) is 6.61 Å². The number of benzene rings is 3. The quantitative estimate of drug-likeness (QED) is 0.358. The first kappa shape index (κ1) is 20.4. The monoisotopic (exact) mass is 465 g/mol. The lowest BCUT2D eigenvalue weighted by Gasteiger charge is -2.06. The summed E-state index contributed by atoms with van der Waals surface area (Å²) in [5, 5.41) is 5.45. The zero-order chi connectivity index (χ0) is 23.1. The third-order valence-electron chi connectivity index (χ3n) is 5.65. The summed E-state index contributed by atoms with van der Waals surface area (Å²) in [5.41, 5.74) is 3.56. The van der Waals surface area contributed by atoms with Gasteiger partial charge in [0.25, 0.3) is 5.56 Å². The molecule has 34 heavy (non-hydrogen) atoms. The van der Waals surface area contributed by atoms with Gasteiger partial charge in [-0.05, 0) is 42.3 Å². The second kappa shape index (κ2) is 8.28. The summed E-state index contributed by atoms with van der Waals surface area (Å²) in [6.07, 6.45) is 1.84. The van der Waals surface area contributed by atoms with E-state index >= 15 is 0 Å². The summed E-state index contributed by atoms with van der Waals surface area (Å²) in [6.45, 7) is 2.48. The highest BCUT2D eigenvalue weighted by Crippen LogP contribution is 2.31. The normalized spacial score (nSPS) is 12.1. The number of aromatic nitrogens is 3. The summed E-state index contributed by atoms with van der Waals surface area (Å²) in [5.74, 6) is 1.79. The molecule has 6 nitrogen and oxygen atoms in total. The van der Waals surface area contributed by atoms with Crippen molar-refractivity contribution in [2.45, 2.75) is 13.5 Å². The molecule has 3 heterocycles. The molecule has 0 amide bonds. The smallest absolute Gasteiger partial charge is 0.291 e. The van der Waals surface area contributed by atoms with Crippen LogP contribution in [0.5, 0.6) is 5.75 Å². The zero-order valence-corrected chi connectivity index (χ0v) is 19.1. The van der Waals surface area contributed by atoms with Gasteiger partial charge in [-0.3, -0.25) is 4.79 Å². The summed E-state index contributed by atoms with van der Waals surface area (Å²) in [6, 6.07) is 25.5. The highest BCUT2D eigenvalue weighted by Gasteiger charge is 2.18. The number of ether oxygens (including phenoxy) is 1. The Morgan fingerprint density at radius 1 is 1.00 bits per heavy atom. The van der Waals surface area contributed by atoms with Gasteiger partial charge in [0.2, 0.25) is 10.8 Å². The van der Waals surface area contributed by atoms with E-state index in [1.165, 1.54) is 15.9 Å². The van der Waals surface area contributed by atoms with Gasteiger partial charge in [-0.1, -0.05) is 72.0 Å². The van der Waals surface area contributed by atoms with Gasteiger partial charge in [0.15, 0.2) is 5.76 Å². The second-order valence-electron chi connectivity index (χ2n) is 7.94. The fraction of sp³-hybridized carbons (Fsp3) is 0.0741. The Hall–Kier alpha value is -4.23. The van der Waals surface area contributed by atoms with Crippen LogP contribution in [-0.4, -0.2) is 14.6 Å². The van der Waals surface area contributed by atoms with Crippen molar-refractivity contribution < 1.29 is 9.15 Å². The van der Waals surface area contributed by atoms with Gasteiger partial charge in [0.1, 0.15) is 17.9 Å². The van der Waals surface area contributed by atoms with E-state index < -0.39 is 0 Å². The van der Waals surface area contributed by atoms with E-state index in [-0.39, 0.29) is 5.56 Å². The van der Waals surface area contributed by atoms with E-state index in [0.717, 1.165) is 33.4 Å². The number of hydrogen-bond donors (Lipinski definition) is 0. The third kappa shape index (κ3) is 3.66. The van der Waals surface area contributed by atoms with Gasteiger partial charge in [-0.15, -0.1) is 5.10 Å². The van der Waals surface area contributed by atoms with Crippen molar-refractivity contribution in [1.29, 1.82) is 0 Å². The van der Waals surface area contributed by atoms with Gasteiger partial charge < -0.3 is 9.15 Å². The summed E-state index contributed by atoms with van der Waals surface area (Å²) in [4.78, 5) is 18.0. The van der Waals surface area contributed by atoms with Gasteiger partial charge >= 0.3 is 0 Å². The Morgan fingerprint density at radius 3 is 2.53 bits per heavy atom. The Labute approximate surface area is 198 Å². The summed E-state index contributed by atoms with van der Waals surface area (Å²) >= 11 is 1.31. The molecule has 0 atom stereocenters. The SMILES string of the molecule is Cc1c(-c2nc3s/c(=C\c4ccc(OCc5ccccc5)cc4)c(=O)n3n2)oc2ccccc12. The number of aryl methyl sites for hydroxylation is 1. The molecule has 0 spiro atoms. The summed E-state index contributed by atoms with van der Waals surface area (Å²) in [7, 11) is 0. The zero-order valence-electron chi connectivity index (χ0n) is 18.3. The van der Waals surface area contributed by atoms with Crippen LogP contribution in [0.2, 0.25) is 0 Å². The van der Waals surface area contributed by atoms with Crippen molar-refractivity contribution in [3.63, 3.8) is 0 Å². The van der Waals surface area contributed by atoms with Crippen LogP contribution in [0.1, 0.15) is 16.7 Å². The van der Waals surface area contributed by atoms with Gasteiger partial charge in [-0.2, -0.15) is 9.50 Å². The van der Waals surface area contributed by atoms with E-state index in [0.29, 0.717) is 27.7 Å². The molecule has 0 aliphatic carbocycles. The molecule has 166 valence electrons. The third-order valence-corrected chi connectivity index (χ3v) is 6.61. The van der Waals surface area contributed by atoms with E-state index in [9.17, 15) is 4.79 Å². The maximum absolute atomic E-state index is 12.9. The largest absolute Gasteiger partial charge is 0.489 e. The Bertz CT molecular complexity index is 1730. The van der Waals surface area contributed by atoms with Gasteiger partial charge in [-0.25, -0.2) is 0 Å². The van der Waals surface area contributed by atoms with Crippen molar-refractivity contribution in [3.05, 3.63) is 110 Å². The minimum atomic E-state index is -0.197. The molecule has 0 aliphatic heterocycles. The molecule has 0 aliphatic rings. The molecule has 7 heteroatoms. The minimum Gasteiger partial charge on any atom is -0.489 e. The molecule has 6 aromatic rings. The average molecular weight is 466 g/mol. The standard InChI is InChI=1S/C27H19N3O3S/c1-17-21-9-5-6-10-22(21)33-24(17)25-28-27-30(29-25)26(31)23(34-27)15-18-11-13-20(14-12-18)32-16-19-7-3-2-4-8-19/h2-15H,16H2,1H3/b23-15-. The molecule has 0 unspecified atom stereocenters. The van der Waals surface area contributed by atoms with Crippen molar-refractivity contribution in [3.8, 4) is 17.3 Å². The van der Waals surface area contributed by atoms with Crippen molar-refractivity contribution in [2.24, 2.45) is 0 Å². The maximum Gasteiger partial charge on any atom is 0.291 e. The van der Waals surface area contributed by atoms with Crippen molar-refractivity contribution >= 4 is 33.3 Å². The maximum atomic E-state index is 12.9. The number of nitrogens with zero attached hydrogens (tertiary/aromatic N) is 3. The van der Waals surface area contributed by atoms with Crippen LogP contribution in [0.3, 0.4) is 0 Å². The molecule has 0 bridgehead atoms. The van der Waals surface area contributed by atoms with Crippen LogP contribution in [0.4, 0.5) is 0 Å². The van der Waals surface area contributed by atoms with Crippen molar-refractivity contribution in [1.82, 2.24) is 14.6 Å². The van der Waals surface area contributed by atoms with Gasteiger partial charge in [0.05, 0.1) is 4.53 Å². The van der Waals surface area contributed by atoms with Crippen LogP contribution >= 0.6 is 11.3 Å². The Kier molecular flexibility index (Phi) is 4.96. The van der Waals surface area contributed by atoms with E-state index in [4.69, 9.17) is 9.15 Å². The first-order valence-corrected chi connectivity index (χ1v) is 11.6. The lowest BCUT2D eigenvalue weighted by Crippen LogP contribution is -2.23. The molecule has 3 aromatic carbocycles. The van der Waals surface area contributed by atoms with Crippen LogP contribution in [0.25, 0.3) is 33.6 Å². The minimum absolute atomic E-state index is 0.197. The fourth-order valence-corrected chi connectivity index (χ4v) is 4.78. The highest BCUT2D eigenvalue weighted by molar-refractivity contribution is 7.15. The van der Waals surface area contributed by atoms with E-state index in [1.54, 1.807) is 0 Å². The Balaban J connectivity index is 1.27. The fourth-order valence-electron chi connectivity index (χ4n) is 3.87. The van der Waals surface area contributed by atoms with Crippen molar-refractivity contribution in [2.75, 3.05) is 0 Å². The first-order valence-electron chi connectivity index (χ1n) is 10.8. The highest BCUT2D eigenvalue weighted by atomic mass is 32.1. The summed E-state index contributed by atoms with van der Waals surface area (Å²) < 4.78 is 13.7. The van der Waals surface area contributed by atoms with Crippen LogP contribution in [0, 0.1) is 6.92 Å². The lowest BCUT2D eigenvalue weighted by atomic mass is 10.1. The Morgan fingerprint density at radius 2 is 1.76 bits per heavy atom. The molecule has 0 saturated carbocycles. The molecule has 0 fully saturated rings. The molecule has 3 aromatic heterocycles. The predicted molar refractivity (Wildman–Crippen MR) is 133 cm³/mol. The van der Waals surface area contributed by atoms with Gasteiger partial charge in [0, 0.05) is 10.9 Å². The molecule has 0 radical (unpaired) electrons. The number of thiazole rings is 1. The predicted octanol–water partition coefficient (Wildman–Crippen LogP) is 5.00. The molecule has 0 N–H and O–H groups in total. The molecule has 6 rings (SSSR count). The number of para-hydroxylation sites is 1. The van der Waals surface area contributed by atoms with E-state index in [1.807, 2.05) is 91.9 Å². The topological polar surface area (TPSA) is 69.6 Å². The second-order valence-corrected chi connectivity index (χ2v) is 8.95. The van der Waals surface area contributed by atoms with E-state index in [2.05, 4.69) is 10.1 Å². The number of fused-ring (bicyclic) bond motifs is 2. The number of hydrogen-bond acceptors (Lipinski definition) is 6. The molecular formula is C27H19N3O3S. The molecular weight excluding hydrogens is 446 g/mol.